The predicted molar refractivity (Wildman–Crippen MR) is 63.7 cm³/mol. The Morgan fingerprint density at radius 1 is 1.41 bits per heavy atom. The second-order valence-electron chi connectivity index (χ2n) is 4.37. The number of hydrazone groups is 1. The topological polar surface area (TPSA) is 64.9 Å². The summed E-state index contributed by atoms with van der Waals surface area (Å²) in [4.78, 5) is 13.6. The number of benzene rings is 1. The van der Waals surface area contributed by atoms with Gasteiger partial charge >= 0.3 is 0 Å². The lowest BCUT2D eigenvalue weighted by Crippen LogP contribution is -2.50. The Bertz CT molecular complexity index is 486. The molecule has 0 aliphatic carbocycles. The fraction of sp³-hybridized carbons (Fsp3) is 0.333. The van der Waals surface area contributed by atoms with Crippen LogP contribution in [0.25, 0.3) is 0 Å². The number of hydrogen-bond acceptors (Lipinski definition) is 4. The fourth-order valence-electron chi connectivity index (χ4n) is 2.42. The molecule has 0 spiro atoms. The van der Waals surface area contributed by atoms with Crippen molar-refractivity contribution in [1.29, 1.82) is 0 Å². The van der Waals surface area contributed by atoms with Gasteiger partial charge in [-0.3, -0.25) is 4.79 Å². The van der Waals surface area contributed by atoms with Crippen LogP contribution in [0.3, 0.4) is 0 Å². The molecule has 2 aliphatic rings. The van der Waals surface area contributed by atoms with Gasteiger partial charge in [0.1, 0.15) is 12.4 Å². The summed E-state index contributed by atoms with van der Waals surface area (Å²) in [7, 11) is 0. The molecule has 88 valence electrons. The van der Waals surface area contributed by atoms with E-state index < -0.39 is 6.10 Å². The SMILES string of the molecule is O=C1NN=CN2c3ccccc3CC(O)CC12. The minimum atomic E-state index is -0.497. The van der Waals surface area contributed by atoms with Crippen LogP contribution in [0, 0.1) is 0 Å². The van der Waals surface area contributed by atoms with E-state index in [0.29, 0.717) is 12.8 Å². The number of amides is 1. The quantitative estimate of drug-likeness (QED) is 0.672. The number of fused-ring (bicyclic) bond motifs is 3. The molecule has 2 N–H and O–H groups in total. The zero-order chi connectivity index (χ0) is 11.8. The minimum Gasteiger partial charge on any atom is -0.393 e. The maximum Gasteiger partial charge on any atom is 0.263 e. The van der Waals surface area contributed by atoms with Crippen molar-refractivity contribution in [2.45, 2.75) is 25.0 Å². The van der Waals surface area contributed by atoms with Crippen LogP contribution in [0.2, 0.25) is 0 Å². The van der Waals surface area contributed by atoms with Gasteiger partial charge in [-0.1, -0.05) is 18.2 Å². The van der Waals surface area contributed by atoms with E-state index >= 15 is 0 Å². The van der Waals surface area contributed by atoms with Crippen LogP contribution in [0.5, 0.6) is 0 Å². The van der Waals surface area contributed by atoms with E-state index in [1.54, 1.807) is 6.34 Å². The fourth-order valence-corrected chi connectivity index (χ4v) is 2.42. The lowest BCUT2D eigenvalue weighted by atomic mass is 10.0. The first-order valence-electron chi connectivity index (χ1n) is 5.63. The zero-order valence-electron chi connectivity index (χ0n) is 9.21. The molecule has 5 nitrogen and oxygen atoms in total. The van der Waals surface area contributed by atoms with E-state index in [9.17, 15) is 9.90 Å². The van der Waals surface area contributed by atoms with E-state index in [-0.39, 0.29) is 11.9 Å². The Labute approximate surface area is 98.7 Å². The van der Waals surface area contributed by atoms with Crippen LogP contribution in [0.4, 0.5) is 5.69 Å². The van der Waals surface area contributed by atoms with Crippen LogP contribution in [-0.2, 0) is 11.2 Å². The number of anilines is 1. The maximum atomic E-state index is 11.8. The molecule has 2 atom stereocenters. The molecule has 5 heteroatoms. The summed E-state index contributed by atoms with van der Waals surface area (Å²) in [5.74, 6) is -0.164. The number of carbonyl (C=O) groups excluding carboxylic acids is 1. The summed E-state index contributed by atoms with van der Waals surface area (Å²) in [6, 6.07) is 7.42. The number of nitrogens with one attached hydrogen (secondary N) is 1. The molecule has 0 saturated heterocycles. The number of rotatable bonds is 0. The Morgan fingerprint density at radius 2 is 2.24 bits per heavy atom. The van der Waals surface area contributed by atoms with Crippen LogP contribution < -0.4 is 10.3 Å². The molecule has 17 heavy (non-hydrogen) atoms. The minimum absolute atomic E-state index is 0.164. The summed E-state index contributed by atoms with van der Waals surface area (Å²) in [6.45, 7) is 0. The average molecular weight is 231 g/mol. The average Bonchev–Trinajstić information content (AvgIpc) is 2.46. The van der Waals surface area contributed by atoms with E-state index in [4.69, 9.17) is 0 Å². The highest BCUT2D eigenvalue weighted by molar-refractivity contribution is 5.97. The van der Waals surface area contributed by atoms with E-state index in [1.165, 1.54) is 0 Å². The number of carbonyl (C=O) groups is 1. The lowest BCUT2D eigenvalue weighted by molar-refractivity contribution is -0.123. The monoisotopic (exact) mass is 231 g/mol. The van der Waals surface area contributed by atoms with Gasteiger partial charge in [-0.2, -0.15) is 5.10 Å². The molecule has 3 rings (SSSR count). The van der Waals surface area contributed by atoms with Crippen LogP contribution in [0.1, 0.15) is 12.0 Å². The summed E-state index contributed by atoms with van der Waals surface area (Å²) >= 11 is 0. The van der Waals surface area contributed by atoms with Crippen molar-refractivity contribution in [1.82, 2.24) is 5.43 Å². The Morgan fingerprint density at radius 3 is 3.12 bits per heavy atom. The molecule has 2 unspecified atom stereocenters. The molecule has 1 amide bonds. The van der Waals surface area contributed by atoms with Crippen molar-refractivity contribution in [3.63, 3.8) is 0 Å². The molecule has 0 bridgehead atoms. The highest BCUT2D eigenvalue weighted by Gasteiger charge is 2.34. The highest BCUT2D eigenvalue weighted by atomic mass is 16.3. The van der Waals surface area contributed by atoms with Crippen molar-refractivity contribution in [3.8, 4) is 0 Å². The Balaban J connectivity index is 2.11. The molecule has 2 heterocycles. The maximum absolute atomic E-state index is 11.8. The van der Waals surface area contributed by atoms with Gasteiger partial charge in [-0.05, 0) is 11.6 Å². The predicted octanol–water partition coefficient (Wildman–Crippen LogP) is 0.242. The third-order valence-electron chi connectivity index (χ3n) is 3.22. The summed E-state index contributed by atoms with van der Waals surface area (Å²) in [5.41, 5.74) is 4.43. The second kappa shape index (κ2) is 3.85. The van der Waals surface area contributed by atoms with Gasteiger partial charge in [0.2, 0.25) is 0 Å². The van der Waals surface area contributed by atoms with Crippen LogP contribution >= 0.6 is 0 Å². The molecule has 1 aromatic rings. The van der Waals surface area contributed by atoms with Gasteiger partial charge in [0, 0.05) is 18.5 Å². The standard InChI is InChI=1S/C12H13N3O2/c16-9-5-8-3-1-2-4-10(8)15-7-13-14-12(17)11(15)6-9/h1-4,7,9,11,16H,5-6H2,(H,14,17). The van der Waals surface area contributed by atoms with Crippen molar-refractivity contribution >= 4 is 17.9 Å². The lowest BCUT2D eigenvalue weighted by Gasteiger charge is -2.30. The number of hydrogen-bond donors (Lipinski definition) is 2. The molecule has 1 aromatic carbocycles. The van der Waals surface area contributed by atoms with Gasteiger partial charge < -0.3 is 10.0 Å². The van der Waals surface area contributed by atoms with Crippen LogP contribution in [0.15, 0.2) is 29.4 Å². The summed E-state index contributed by atoms with van der Waals surface area (Å²) in [5, 5.41) is 13.8. The zero-order valence-corrected chi connectivity index (χ0v) is 9.21. The molecular weight excluding hydrogens is 218 g/mol. The Kier molecular flexibility index (Phi) is 2.33. The van der Waals surface area contributed by atoms with Crippen molar-refractivity contribution in [2.24, 2.45) is 5.10 Å². The first kappa shape index (κ1) is 10.3. The molecule has 0 radical (unpaired) electrons. The van der Waals surface area contributed by atoms with Gasteiger partial charge in [0.25, 0.3) is 5.91 Å². The third kappa shape index (κ3) is 1.68. The highest BCUT2D eigenvalue weighted by Crippen LogP contribution is 2.29. The van der Waals surface area contributed by atoms with Crippen LogP contribution in [-0.4, -0.2) is 29.5 Å². The first-order chi connectivity index (χ1) is 8.25. The first-order valence-corrected chi connectivity index (χ1v) is 5.63. The van der Waals surface area contributed by atoms with Gasteiger partial charge in [0.15, 0.2) is 0 Å². The largest absolute Gasteiger partial charge is 0.393 e. The van der Waals surface area contributed by atoms with Gasteiger partial charge in [-0.15, -0.1) is 0 Å². The summed E-state index contributed by atoms with van der Waals surface area (Å²) in [6.07, 6.45) is 2.11. The van der Waals surface area contributed by atoms with Gasteiger partial charge in [0.05, 0.1) is 6.10 Å². The van der Waals surface area contributed by atoms with Crippen molar-refractivity contribution in [3.05, 3.63) is 29.8 Å². The number of para-hydroxylation sites is 1. The van der Waals surface area contributed by atoms with Crippen molar-refractivity contribution < 1.29 is 9.90 Å². The Hall–Kier alpha value is -1.88. The summed E-state index contributed by atoms with van der Waals surface area (Å²) < 4.78 is 0. The molecule has 0 saturated carbocycles. The third-order valence-corrected chi connectivity index (χ3v) is 3.22. The van der Waals surface area contributed by atoms with Crippen molar-refractivity contribution in [2.75, 3.05) is 4.90 Å². The normalized spacial score (nSPS) is 26.9. The molecule has 0 aromatic heterocycles. The number of nitrogens with zero attached hydrogens (tertiary/aromatic N) is 2. The molecular formula is C12H13N3O2. The smallest absolute Gasteiger partial charge is 0.263 e. The molecule has 2 aliphatic heterocycles. The van der Waals surface area contributed by atoms with E-state index in [2.05, 4.69) is 10.5 Å². The van der Waals surface area contributed by atoms with E-state index in [0.717, 1.165) is 11.3 Å². The number of aliphatic hydroxyl groups is 1. The molecule has 0 fully saturated rings. The van der Waals surface area contributed by atoms with Gasteiger partial charge in [-0.25, -0.2) is 5.43 Å². The van der Waals surface area contributed by atoms with E-state index in [1.807, 2.05) is 29.2 Å². The second-order valence-corrected chi connectivity index (χ2v) is 4.37. The number of aliphatic hydroxyl groups excluding tert-OH is 1.